The van der Waals surface area contributed by atoms with E-state index in [1.165, 1.54) is 25.1 Å². The van der Waals surface area contributed by atoms with Crippen LogP contribution in [-0.2, 0) is 0 Å². The van der Waals surface area contributed by atoms with Crippen LogP contribution in [0.2, 0.25) is 0 Å². The molecule has 19 heavy (non-hydrogen) atoms. The van der Waals surface area contributed by atoms with E-state index in [1.807, 2.05) is 0 Å². The van der Waals surface area contributed by atoms with Gasteiger partial charge in [-0.15, -0.1) is 0 Å². The SMILES string of the molecule is CCN(CC1CCOc2ccccc21)C1CCNC1. The summed E-state index contributed by atoms with van der Waals surface area (Å²) in [6.45, 7) is 7.78. The van der Waals surface area contributed by atoms with Crippen LogP contribution >= 0.6 is 0 Å². The quantitative estimate of drug-likeness (QED) is 0.898. The molecular weight excluding hydrogens is 236 g/mol. The molecule has 2 aliphatic heterocycles. The van der Waals surface area contributed by atoms with Crippen LogP contribution in [0.4, 0.5) is 0 Å². The van der Waals surface area contributed by atoms with E-state index < -0.39 is 0 Å². The van der Waals surface area contributed by atoms with Crippen LogP contribution in [0.25, 0.3) is 0 Å². The summed E-state index contributed by atoms with van der Waals surface area (Å²) in [5.74, 6) is 1.73. The van der Waals surface area contributed by atoms with Gasteiger partial charge in [-0.2, -0.15) is 0 Å². The molecule has 0 spiro atoms. The van der Waals surface area contributed by atoms with Crippen LogP contribution in [0.15, 0.2) is 24.3 Å². The molecule has 1 saturated heterocycles. The molecule has 3 nitrogen and oxygen atoms in total. The van der Waals surface area contributed by atoms with Gasteiger partial charge in [0.1, 0.15) is 5.75 Å². The molecule has 0 radical (unpaired) electrons. The molecule has 2 aliphatic rings. The predicted molar refractivity (Wildman–Crippen MR) is 77.8 cm³/mol. The Morgan fingerprint density at radius 2 is 2.21 bits per heavy atom. The van der Waals surface area contributed by atoms with Gasteiger partial charge in [-0.25, -0.2) is 0 Å². The molecule has 3 heteroatoms. The molecule has 0 amide bonds. The number of fused-ring (bicyclic) bond motifs is 1. The summed E-state index contributed by atoms with van der Waals surface area (Å²) in [5, 5.41) is 3.48. The molecule has 1 N–H and O–H groups in total. The summed E-state index contributed by atoms with van der Waals surface area (Å²) < 4.78 is 5.76. The first kappa shape index (κ1) is 12.9. The molecule has 0 saturated carbocycles. The van der Waals surface area contributed by atoms with Gasteiger partial charge in [0.05, 0.1) is 6.61 Å². The summed E-state index contributed by atoms with van der Waals surface area (Å²) >= 11 is 0. The number of benzene rings is 1. The smallest absolute Gasteiger partial charge is 0.122 e. The largest absolute Gasteiger partial charge is 0.493 e. The van der Waals surface area contributed by atoms with Crippen molar-refractivity contribution >= 4 is 0 Å². The zero-order valence-corrected chi connectivity index (χ0v) is 11.8. The molecule has 1 fully saturated rings. The number of para-hydroxylation sites is 1. The Labute approximate surface area is 115 Å². The van der Waals surface area contributed by atoms with E-state index in [-0.39, 0.29) is 0 Å². The highest BCUT2D eigenvalue weighted by Gasteiger charge is 2.27. The molecule has 3 rings (SSSR count). The van der Waals surface area contributed by atoms with Crippen LogP contribution < -0.4 is 10.1 Å². The molecule has 104 valence electrons. The van der Waals surface area contributed by atoms with Gasteiger partial charge in [0.25, 0.3) is 0 Å². The third-order valence-corrected chi connectivity index (χ3v) is 4.49. The first-order valence-corrected chi connectivity index (χ1v) is 7.55. The van der Waals surface area contributed by atoms with E-state index in [0.717, 1.165) is 37.9 Å². The van der Waals surface area contributed by atoms with Gasteiger partial charge in [-0.05, 0) is 37.6 Å². The van der Waals surface area contributed by atoms with E-state index in [1.54, 1.807) is 0 Å². The number of rotatable bonds is 4. The van der Waals surface area contributed by atoms with Gasteiger partial charge in [-0.1, -0.05) is 25.1 Å². The number of ether oxygens (including phenoxy) is 1. The summed E-state index contributed by atoms with van der Waals surface area (Å²) in [7, 11) is 0. The van der Waals surface area contributed by atoms with Gasteiger partial charge in [0.15, 0.2) is 0 Å². The Kier molecular flexibility index (Phi) is 4.04. The van der Waals surface area contributed by atoms with Crippen molar-refractivity contribution in [2.24, 2.45) is 0 Å². The number of hydrogen-bond acceptors (Lipinski definition) is 3. The zero-order valence-electron chi connectivity index (χ0n) is 11.8. The van der Waals surface area contributed by atoms with E-state index >= 15 is 0 Å². The van der Waals surface area contributed by atoms with Gasteiger partial charge in [0.2, 0.25) is 0 Å². The predicted octanol–water partition coefficient (Wildman–Crippen LogP) is 2.24. The Balaban J connectivity index is 1.72. The van der Waals surface area contributed by atoms with Crippen molar-refractivity contribution in [1.29, 1.82) is 0 Å². The average Bonchev–Trinajstić information content (AvgIpc) is 2.99. The number of likely N-dealkylation sites (N-methyl/N-ethyl adjacent to an activating group) is 1. The van der Waals surface area contributed by atoms with E-state index in [2.05, 4.69) is 41.4 Å². The third-order valence-electron chi connectivity index (χ3n) is 4.49. The first-order valence-electron chi connectivity index (χ1n) is 7.55. The van der Waals surface area contributed by atoms with Crippen molar-refractivity contribution in [2.75, 3.05) is 32.8 Å². The van der Waals surface area contributed by atoms with E-state index in [4.69, 9.17) is 4.74 Å². The second-order valence-corrected chi connectivity index (χ2v) is 5.61. The minimum absolute atomic E-state index is 0.630. The topological polar surface area (TPSA) is 24.5 Å². The lowest BCUT2D eigenvalue weighted by Gasteiger charge is -2.33. The minimum Gasteiger partial charge on any atom is -0.493 e. The highest BCUT2D eigenvalue weighted by molar-refractivity contribution is 5.37. The highest BCUT2D eigenvalue weighted by Crippen LogP contribution is 2.34. The molecule has 2 heterocycles. The van der Waals surface area contributed by atoms with Crippen LogP contribution in [0, 0.1) is 0 Å². The second-order valence-electron chi connectivity index (χ2n) is 5.61. The van der Waals surface area contributed by atoms with Crippen molar-refractivity contribution in [3.8, 4) is 5.75 Å². The fourth-order valence-corrected chi connectivity index (χ4v) is 3.38. The van der Waals surface area contributed by atoms with Crippen LogP contribution in [0.5, 0.6) is 5.75 Å². The van der Waals surface area contributed by atoms with Crippen LogP contribution in [0.1, 0.15) is 31.2 Å². The second kappa shape index (κ2) is 5.93. The maximum Gasteiger partial charge on any atom is 0.122 e. The zero-order chi connectivity index (χ0) is 13.1. The van der Waals surface area contributed by atoms with Crippen molar-refractivity contribution in [3.05, 3.63) is 29.8 Å². The van der Waals surface area contributed by atoms with E-state index in [0.29, 0.717) is 5.92 Å². The maximum atomic E-state index is 5.76. The molecule has 2 unspecified atom stereocenters. The highest BCUT2D eigenvalue weighted by atomic mass is 16.5. The van der Waals surface area contributed by atoms with Crippen molar-refractivity contribution in [1.82, 2.24) is 10.2 Å². The Hall–Kier alpha value is -1.06. The normalized spacial score (nSPS) is 26.2. The number of hydrogen-bond donors (Lipinski definition) is 1. The maximum absolute atomic E-state index is 5.76. The lowest BCUT2D eigenvalue weighted by molar-refractivity contribution is 0.179. The monoisotopic (exact) mass is 260 g/mol. The first-order chi connectivity index (χ1) is 9.38. The number of nitrogens with one attached hydrogen (secondary N) is 1. The molecule has 1 aromatic carbocycles. The molecule has 0 aromatic heterocycles. The van der Waals surface area contributed by atoms with Crippen molar-refractivity contribution < 1.29 is 4.74 Å². The molecule has 1 aromatic rings. The molecule has 0 aliphatic carbocycles. The average molecular weight is 260 g/mol. The Bertz CT molecular complexity index is 415. The van der Waals surface area contributed by atoms with Crippen molar-refractivity contribution in [3.63, 3.8) is 0 Å². The molecule has 0 bridgehead atoms. The Morgan fingerprint density at radius 3 is 3.00 bits per heavy atom. The van der Waals surface area contributed by atoms with Crippen LogP contribution in [-0.4, -0.2) is 43.7 Å². The van der Waals surface area contributed by atoms with Crippen LogP contribution in [0.3, 0.4) is 0 Å². The summed E-state index contributed by atoms with van der Waals surface area (Å²) in [5.41, 5.74) is 1.40. The summed E-state index contributed by atoms with van der Waals surface area (Å²) in [6, 6.07) is 9.27. The van der Waals surface area contributed by atoms with Gasteiger partial charge in [0, 0.05) is 25.0 Å². The van der Waals surface area contributed by atoms with Gasteiger partial charge in [-0.3, -0.25) is 4.90 Å². The lowest BCUT2D eigenvalue weighted by Crippen LogP contribution is -2.40. The standard InChI is InChI=1S/C16H24N2O/c1-2-18(14-7-9-17-11-14)12-13-8-10-19-16-6-4-3-5-15(13)16/h3-6,13-14,17H,2,7-12H2,1H3. The van der Waals surface area contributed by atoms with E-state index in [9.17, 15) is 0 Å². The van der Waals surface area contributed by atoms with Gasteiger partial charge < -0.3 is 10.1 Å². The fraction of sp³-hybridized carbons (Fsp3) is 0.625. The lowest BCUT2D eigenvalue weighted by atomic mass is 9.92. The minimum atomic E-state index is 0.630. The number of nitrogens with zero attached hydrogens (tertiary/aromatic N) is 1. The summed E-state index contributed by atoms with van der Waals surface area (Å²) in [4.78, 5) is 2.65. The molecular formula is C16H24N2O. The fourth-order valence-electron chi connectivity index (χ4n) is 3.38. The third kappa shape index (κ3) is 2.77. The summed E-state index contributed by atoms with van der Waals surface area (Å²) in [6.07, 6.45) is 2.44. The Morgan fingerprint density at radius 1 is 1.32 bits per heavy atom. The molecule has 2 atom stereocenters. The van der Waals surface area contributed by atoms with Crippen molar-refractivity contribution in [2.45, 2.75) is 31.7 Å². The van der Waals surface area contributed by atoms with Gasteiger partial charge >= 0.3 is 0 Å².